The van der Waals surface area contributed by atoms with E-state index in [1.807, 2.05) is 0 Å². The minimum absolute atomic E-state index is 0.00643. The first-order valence-electron chi connectivity index (χ1n) is 6.28. The third-order valence-electron chi connectivity index (χ3n) is 3.39. The number of ether oxygens (including phenoxy) is 1. The molecule has 1 aromatic rings. The molecule has 3 nitrogen and oxygen atoms in total. The predicted octanol–water partition coefficient (Wildman–Crippen LogP) is 3.24. The molecule has 0 atom stereocenters. The SMILES string of the molecule is O=C(O)CC1CCC(Oc2ccccc2F)CC1. The standard InChI is InChI=1S/C14H17FO3/c15-12-3-1-2-4-13(12)18-11-7-5-10(6-8-11)9-14(16)17/h1-4,10-11H,5-9H2,(H,16,17). The molecule has 1 saturated carbocycles. The van der Waals surface area contributed by atoms with Crippen LogP contribution < -0.4 is 4.74 Å². The van der Waals surface area contributed by atoms with E-state index >= 15 is 0 Å². The van der Waals surface area contributed by atoms with Gasteiger partial charge in [0, 0.05) is 6.42 Å². The number of carboxylic acid groups (broad SMARTS) is 1. The van der Waals surface area contributed by atoms with Crippen LogP contribution in [0.1, 0.15) is 32.1 Å². The molecule has 1 fully saturated rings. The van der Waals surface area contributed by atoms with E-state index in [4.69, 9.17) is 9.84 Å². The van der Waals surface area contributed by atoms with Gasteiger partial charge in [0.2, 0.25) is 0 Å². The highest BCUT2D eigenvalue weighted by Gasteiger charge is 2.24. The highest BCUT2D eigenvalue weighted by Crippen LogP contribution is 2.30. The van der Waals surface area contributed by atoms with Crippen LogP contribution in [0.15, 0.2) is 24.3 Å². The second kappa shape index (κ2) is 5.85. The number of para-hydroxylation sites is 1. The summed E-state index contributed by atoms with van der Waals surface area (Å²) in [6.45, 7) is 0. The Balaban J connectivity index is 1.84. The van der Waals surface area contributed by atoms with Gasteiger partial charge in [0.15, 0.2) is 11.6 Å². The number of aliphatic carboxylic acids is 1. The lowest BCUT2D eigenvalue weighted by molar-refractivity contribution is -0.138. The molecule has 1 aliphatic rings. The summed E-state index contributed by atoms with van der Waals surface area (Å²) in [7, 11) is 0. The first-order valence-corrected chi connectivity index (χ1v) is 6.28. The summed E-state index contributed by atoms with van der Waals surface area (Å²) in [5.41, 5.74) is 0. The van der Waals surface area contributed by atoms with Gasteiger partial charge in [-0.25, -0.2) is 4.39 Å². The van der Waals surface area contributed by atoms with Crippen molar-refractivity contribution in [2.45, 2.75) is 38.2 Å². The molecule has 0 aliphatic heterocycles. The molecule has 1 N–H and O–H groups in total. The number of benzene rings is 1. The second-order valence-corrected chi connectivity index (χ2v) is 4.79. The van der Waals surface area contributed by atoms with Crippen LogP contribution in [-0.2, 0) is 4.79 Å². The number of carbonyl (C=O) groups is 1. The summed E-state index contributed by atoms with van der Waals surface area (Å²) in [5.74, 6) is -0.555. The molecule has 0 unspecified atom stereocenters. The van der Waals surface area contributed by atoms with E-state index < -0.39 is 5.97 Å². The molecule has 0 amide bonds. The Morgan fingerprint density at radius 1 is 1.28 bits per heavy atom. The van der Waals surface area contributed by atoms with Crippen LogP contribution in [0.4, 0.5) is 4.39 Å². The minimum atomic E-state index is -0.742. The van der Waals surface area contributed by atoms with E-state index in [2.05, 4.69) is 0 Å². The average Bonchev–Trinajstić information content (AvgIpc) is 2.34. The monoisotopic (exact) mass is 252 g/mol. The number of hydrogen-bond donors (Lipinski definition) is 1. The highest BCUT2D eigenvalue weighted by molar-refractivity contribution is 5.67. The van der Waals surface area contributed by atoms with Crippen LogP contribution in [0.3, 0.4) is 0 Å². The fraction of sp³-hybridized carbons (Fsp3) is 0.500. The number of rotatable bonds is 4. The van der Waals surface area contributed by atoms with E-state index in [0.29, 0.717) is 5.75 Å². The van der Waals surface area contributed by atoms with E-state index in [0.717, 1.165) is 25.7 Å². The van der Waals surface area contributed by atoms with Crippen molar-refractivity contribution < 1.29 is 19.0 Å². The third kappa shape index (κ3) is 3.45. The lowest BCUT2D eigenvalue weighted by atomic mass is 9.85. The molecule has 1 aliphatic carbocycles. The Morgan fingerprint density at radius 3 is 2.56 bits per heavy atom. The first kappa shape index (κ1) is 12.9. The fourth-order valence-corrected chi connectivity index (χ4v) is 2.42. The maximum absolute atomic E-state index is 13.4. The largest absolute Gasteiger partial charge is 0.487 e. The highest BCUT2D eigenvalue weighted by atomic mass is 19.1. The molecule has 0 spiro atoms. The van der Waals surface area contributed by atoms with E-state index in [1.54, 1.807) is 18.2 Å². The zero-order valence-electron chi connectivity index (χ0n) is 10.1. The van der Waals surface area contributed by atoms with Crippen molar-refractivity contribution in [3.8, 4) is 5.75 Å². The lowest BCUT2D eigenvalue weighted by Gasteiger charge is -2.28. The molecule has 0 heterocycles. The minimum Gasteiger partial charge on any atom is -0.487 e. The Morgan fingerprint density at radius 2 is 1.94 bits per heavy atom. The first-order chi connectivity index (χ1) is 8.65. The van der Waals surface area contributed by atoms with Gasteiger partial charge in [-0.05, 0) is 43.7 Å². The molecule has 0 radical (unpaired) electrons. The van der Waals surface area contributed by atoms with Gasteiger partial charge in [0.1, 0.15) is 0 Å². The van der Waals surface area contributed by atoms with Crippen LogP contribution in [0.5, 0.6) is 5.75 Å². The van der Waals surface area contributed by atoms with Crippen LogP contribution in [0, 0.1) is 11.7 Å². The van der Waals surface area contributed by atoms with Crippen LogP contribution in [-0.4, -0.2) is 17.2 Å². The van der Waals surface area contributed by atoms with E-state index in [-0.39, 0.29) is 24.3 Å². The second-order valence-electron chi connectivity index (χ2n) is 4.79. The molecular formula is C14H17FO3. The predicted molar refractivity (Wildman–Crippen MR) is 65.0 cm³/mol. The zero-order valence-corrected chi connectivity index (χ0v) is 10.1. The summed E-state index contributed by atoms with van der Waals surface area (Å²) >= 11 is 0. The van der Waals surface area contributed by atoms with Gasteiger partial charge in [-0.1, -0.05) is 12.1 Å². The normalized spacial score (nSPS) is 23.6. The summed E-state index contributed by atoms with van der Waals surface area (Å²) < 4.78 is 19.0. The molecule has 18 heavy (non-hydrogen) atoms. The van der Waals surface area contributed by atoms with Crippen LogP contribution in [0.25, 0.3) is 0 Å². The van der Waals surface area contributed by atoms with Crippen molar-refractivity contribution in [2.24, 2.45) is 5.92 Å². The number of halogens is 1. The molecular weight excluding hydrogens is 235 g/mol. The maximum atomic E-state index is 13.4. The van der Waals surface area contributed by atoms with Crippen molar-refractivity contribution in [1.29, 1.82) is 0 Å². The number of hydrogen-bond acceptors (Lipinski definition) is 2. The van der Waals surface area contributed by atoms with E-state index in [1.165, 1.54) is 6.07 Å². The van der Waals surface area contributed by atoms with Gasteiger partial charge in [-0.15, -0.1) is 0 Å². The van der Waals surface area contributed by atoms with Gasteiger partial charge in [0.25, 0.3) is 0 Å². The molecule has 0 aromatic heterocycles. The van der Waals surface area contributed by atoms with Crippen molar-refractivity contribution in [1.82, 2.24) is 0 Å². The average molecular weight is 252 g/mol. The maximum Gasteiger partial charge on any atom is 0.303 e. The molecule has 0 saturated heterocycles. The topological polar surface area (TPSA) is 46.5 Å². The quantitative estimate of drug-likeness (QED) is 0.894. The summed E-state index contributed by atoms with van der Waals surface area (Å²) in [6, 6.07) is 6.38. The van der Waals surface area contributed by atoms with Crippen molar-refractivity contribution in [2.75, 3.05) is 0 Å². The Kier molecular flexibility index (Phi) is 4.18. The summed E-state index contributed by atoms with van der Waals surface area (Å²) in [6.07, 6.45) is 3.51. The smallest absolute Gasteiger partial charge is 0.303 e. The molecule has 4 heteroatoms. The Labute approximate surface area is 106 Å². The van der Waals surface area contributed by atoms with Gasteiger partial charge in [-0.2, -0.15) is 0 Å². The fourth-order valence-electron chi connectivity index (χ4n) is 2.42. The Bertz CT molecular complexity index is 411. The van der Waals surface area contributed by atoms with Crippen LogP contribution >= 0.6 is 0 Å². The van der Waals surface area contributed by atoms with Crippen molar-refractivity contribution in [3.05, 3.63) is 30.1 Å². The van der Waals surface area contributed by atoms with Crippen molar-refractivity contribution >= 4 is 5.97 Å². The van der Waals surface area contributed by atoms with E-state index in [9.17, 15) is 9.18 Å². The zero-order chi connectivity index (χ0) is 13.0. The van der Waals surface area contributed by atoms with Gasteiger partial charge < -0.3 is 9.84 Å². The molecule has 1 aromatic carbocycles. The molecule has 98 valence electrons. The molecule has 0 bridgehead atoms. The van der Waals surface area contributed by atoms with Crippen LogP contribution in [0.2, 0.25) is 0 Å². The van der Waals surface area contributed by atoms with Gasteiger partial charge in [0.05, 0.1) is 6.10 Å². The van der Waals surface area contributed by atoms with Gasteiger partial charge >= 0.3 is 5.97 Å². The Hall–Kier alpha value is -1.58. The third-order valence-corrected chi connectivity index (χ3v) is 3.39. The lowest BCUT2D eigenvalue weighted by Crippen LogP contribution is -2.25. The summed E-state index contributed by atoms with van der Waals surface area (Å²) in [5, 5.41) is 8.72. The summed E-state index contributed by atoms with van der Waals surface area (Å²) in [4.78, 5) is 10.6. The van der Waals surface area contributed by atoms with Crippen molar-refractivity contribution in [3.63, 3.8) is 0 Å². The number of carboxylic acids is 1. The van der Waals surface area contributed by atoms with Gasteiger partial charge in [-0.3, -0.25) is 4.79 Å². The molecule has 2 rings (SSSR count).